The highest BCUT2D eigenvalue weighted by molar-refractivity contribution is 5.03. The molecule has 3 N–H and O–H groups in total. The number of allylic oxidation sites excluding steroid dienone is 1. The Morgan fingerprint density at radius 2 is 2.21 bits per heavy atom. The topological polar surface area (TPSA) is 38.0 Å². The standard InChI is InChI=1S/C12H24N2/c1-4-10-5-6-11(8-10)12(14-13)7-9(2)3/h7,10-12,14H,4-6,8,13H2,1-3H3. The quantitative estimate of drug-likeness (QED) is 0.412. The van der Waals surface area contributed by atoms with Gasteiger partial charge in [-0.25, -0.2) is 0 Å². The molecule has 2 nitrogen and oxygen atoms in total. The van der Waals surface area contributed by atoms with Gasteiger partial charge in [0.2, 0.25) is 0 Å². The van der Waals surface area contributed by atoms with Gasteiger partial charge in [0, 0.05) is 6.04 Å². The summed E-state index contributed by atoms with van der Waals surface area (Å²) in [5.74, 6) is 7.27. The molecule has 0 spiro atoms. The molecule has 0 aromatic heterocycles. The molecule has 14 heavy (non-hydrogen) atoms. The van der Waals surface area contributed by atoms with E-state index in [4.69, 9.17) is 5.84 Å². The van der Waals surface area contributed by atoms with E-state index in [1.54, 1.807) is 0 Å². The van der Waals surface area contributed by atoms with Crippen molar-refractivity contribution in [1.82, 2.24) is 5.43 Å². The van der Waals surface area contributed by atoms with Crippen molar-refractivity contribution < 1.29 is 0 Å². The van der Waals surface area contributed by atoms with E-state index in [0.717, 1.165) is 11.8 Å². The highest BCUT2D eigenvalue weighted by Crippen LogP contribution is 2.35. The molecule has 3 atom stereocenters. The van der Waals surface area contributed by atoms with Crippen LogP contribution in [0.5, 0.6) is 0 Å². The van der Waals surface area contributed by atoms with E-state index in [0.29, 0.717) is 6.04 Å². The van der Waals surface area contributed by atoms with Crippen molar-refractivity contribution in [2.24, 2.45) is 17.7 Å². The third-order valence-corrected chi connectivity index (χ3v) is 3.37. The van der Waals surface area contributed by atoms with Crippen molar-refractivity contribution in [2.75, 3.05) is 0 Å². The van der Waals surface area contributed by atoms with Crippen LogP contribution in [0.2, 0.25) is 0 Å². The molecule has 1 saturated carbocycles. The number of hydrogen-bond acceptors (Lipinski definition) is 2. The number of rotatable bonds is 4. The van der Waals surface area contributed by atoms with Crippen LogP contribution in [0.3, 0.4) is 0 Å². The maximum atomic E-state index is 5.59. The van der Waals surface area contributed by atoms with Crippen LogP contribution in [0.25, 0.3) is 0 Å². The second kappa shape index (κ2) is 5.52. The fraction of sp³-hybridized carbons (Fsp3) is 0.833. The second-order valence-electron chi connectivity index (χ2n) is 4.78. The minimum atomic E-state index is 0.386. The molecule has 0 bridgehead atoms. The predicted octanol–water partition coefficient (Wildman–Crippen LogP) is 2.61. The number of nitrogens with two attached hydrogens (primary N) is 1. The fourth-order valence-corrected chi connectivity index (χ4v) is 2.49. The summed E-state index contributed by atoms with van der Waals surface area (Å²) in [7, 11) is 0. The Balaban J connectivity index is 2.50. The molecule has 82 valence electrons. The van der Waals surface area contributed by atoms with Gasteiger partial charge in [-0.15, -0.1) is 0 Å². The van der Waals surface area contributed by atoms with Gasteiger partial charge in [-0.3, -0.25) is 11.3 Å². The Kier molecular flexibility index (Phi) is 4.63. The SMILES string of the molecule is CCC1CCC(C(C=C(C)C)NN)C1. The summed E-state index contributed by atoms with van der Waals surface area (Å²) in [6.45, 7) is 6.56. The van der Waals surface area contributed by atoms with Crippen LogP contribution in [0.15, 0.2) is 11.6 Å². The molecule has 3 unspecified atom stereocenters. The summed E-state index contributed by atoms with van der Waals surface area (Å²) in [6.07, 6.45) is 7.65. The van der Waals surface area contributed by atoms with Gasteiger partial charge in [-0.2, -0.15) is 0 Å². The Labute approximate surface area is 87.9 Å². The van der Waals surface area contributed by atoms with Crippen LogP contribution in [-0.2, 0) is 0 Å². The van der Waals surface area contributed by atoms with Gasteiger partial charge in [-0.05, 0) is 38.5 Å². The van der Waals surface area contributed by atoms with E-state index in [-0.39, 0.29) is 0 Å². The summed E-state index contributed by atoms with van der Waals surface area (Å²) in [5, 5.41) is 0. The van der Waals surface area contributed by atoms with Crippen LogP contribution in [0.4, 0.5) is 0 Å². The Bertz CT molecular complexity index is 194. The van der Waals surface area contributed by atoms with Gasteiger partial charge >= 0.3 is 0 Å². The van der Waals surface area contributed by atoms with E-state index in [1.165, 1.54) is 31.3 Å². The molecule has 1 aliphatic carbocycles. The molecule has 1 rings (SSSR count). The summed E-state index contributed by atoms with van der Waals surface area (Å²) in [4.78, 5) is 0. The van der Waals surface area contributed by atoms with Crippen LogP contribution < -0.4 is 11.3 Å². The van der Waals surface area contributed by atoms with Crippen molar-refractivity contribution in [3.8, 4) is 0 Å². The summed E-state index contributed by atoms with van der Waals surface area (Å²) < 4.78 is 0. The molecular formula is C12H24N2. The zero-order chi connectivity index (χ0) is 10.6. The Morgan fingerprint density at radius 3 is 2.64 bits per heavy atom. The number of nitrogens with one attached hydrogen (secondary N) is 1. The van der Waals surface area contributed by atoms with E-state index in [9.17, 15) is 0 Å². The van der Waals surface area contributed by atoms with Gasteiger partial charge < -0.3 is 0 Å². The van der Waals surface area contributed by atoms with Crippen molar-refractivity contribution in [3.63, 3.8) is 0 Å². The Morgan fingerprint density at radius 1 is 1.50 bits per heavy atom. The van der Waals surface area contributed by atoms with E-state index in [1.807, 2.05) is 0 Å². The van der Waals surface area contributed by atoms with Crippen LogP contribution >= 0.6 is 0 Å². The lowest BCUT2D eigenvalue weighted by Crippen LogP contribution is -2.38. The Hall–Kier alpha value is -0.340. The van der Waals surface area contributed by atoms with Gasteiger partial charge in [0.05, 0.1) is 0 Å². The highest BCUT2D eigenvalue weighted by atomic mass is 15.2. The minimum absolute atomic E-state index is 0.386. The first-order chi connectivity index (χ1) is 6.67. The van der Waals surface area contributed by atoms with Crippen molar-refractivity contribution >= 4 is 0 Å². The highest BCUT2D eigenvalue weighted by Gasteiger charge is 2.28. The third-order valence-electron chi connectivity index (χ3n) is 3.37. The van der Waals surface area contributed by atoms with Crippen molar-refractivity contribution in [1.29, 1.82) is 0 Å². The molecule has 0 heterocycles. The molecule has 0 aromatic rings. The molecular weight excluding hydrogens is 172 g/mol. The van der Waals surface area contributed by atoms with E-state index in [2.05, 4.69) is 32.3 Å². The average Bonchev–Trinajstić information content (AvgIpc) is 2.62. The third kappa shape index (κ3) is 3.10. The first-order valence-electron chi connectivity index (χ1n) is 5.78. The molecule has 2 heteroatoms. The fourth-order valence-electron chi connectivity index (χ4n) is 2.49. The van der Waals surface area contributed by atoms with Gasteiger partial charge in [0.25, 0.3) is 0 Å². The van der Waals surface area contributed by atoms with Gasteiger partial charge in [0.1, 0.15) is 0 Å². The number of hydrazine groups is 1. The van der Waals surface area contributed by atoms with Gasteiger partial charge in [-0.1, -0.05) is 31.4 Å². The number of hydrogen-bond donors (Lipinski definition) is 2. The molecule has 0 aliphatic heterocycles. The maximum Gasteiger partial charge on any atom is 0.0421 e. The molecule has 1 fully saturated rings. The second-order valence-corrected chi connectivity index (χ2v) is 4.78. The zero-order valence-electron chi connectivity index (χ0n) is 9.72. The smallest absolute Gasteiger partial charge is 0.0421 e. The van der Waals surface area contributed by atoms with Crippen LogP contribution in [0, 0.1) is 11.8 Å². The molecule has 0 saturated heterocycles. The van der Waals surface area contributed by atoms with Gasteiger partial charge in [0.15, 0.2) is 0 Å². The zero-order valence-corrected chi connectivity index (χ0v) is 9.72. The lowest BCUT2D eigenvalue weighted by molar-refractivity contribution is 0.398. The van der Waals surface area contributed by atoms with Crippen LogP contribution in [-0.4, -0.2) is 6.04 Å². The van der Waals surface area contributed by atoms with Crippen LogP contribution in [0.1, 0.15) is 46.5 Å². The molecule has 0 amide bonds. The molecule has 1 aliphatic rings. The first-order valence-corrected chi connectivity index (χ1v) is 5.78. The monoisotopic (exact) mass is 196 g/mol. The summed E-state index contributed by atoms with van der Waals surface area (Å²) in [6, 6.07) is 0.386. The average molecular weight is 196 g/mol. The summed E-state index contributed by atoms with van der Waals surface area (Å²) >= 11 is 0. The van der Waals surface area contributed by atoms with E-state index < -0.39 is 0 Å². The largest absolute Gasteiger partial charge is 0.271 e. The van der Waals surface area contributed by atoms with Crippen molar-refractivity contribution in [2.45, 2.75) is 52.5 Å². The van der Waals surface area contributed by atoms with Crippen molar-refractivity contribution in [3.05, 3.63) is 11.6 Å². The molecule has 0 radical (unpaired) electrons. The maximum absolute atomic E-state index is 5.59. The summed E-state index contributed by atoms with van der Waals surface area (Å²) in [5.41, 5.74) is 4.30. The molecule has 0 aromatic carbocycles. The minimum Gasteiger partial charge on any atom is -0.271 e. The van der Waals surface area contributed by atoms with E-state index >= 15 is 0 Å². The lowest BCUT2D eigenvalue weighted by atomic mass is 9.95. The first kappa shape index (κ1) is 11.7. The normalized spacial score (nSPS) is 28.9. The predicted molar refractivity (Wildman–Crippen MR) is 61.7 cm³/mol. The lowest BCUT2D eigenvalue weighted by Gasteiger charge is -2.20.